The second kappa shape index (κ2) is 13.5. The molecule has 1 atom stereocenters. The number of nitrogens with zero attached hydrogens (tertiary/aromatic N) is 1. The number of piperidine rings is 1. The quantitative estimate of drug-likeness (QED) is 0.240. The van der Waals surface area contributed by atoms with Crippen molar-refractivity contribution < 1.29 is 29.0 Å². The number of anilines is 2. The Labute approximate surface area is 235 Å². The van der Waals surface area contributed by atoms with Gasteiger partial charge in [-0.2, -0.15) is 0 Å². The van der Waals surface area contributed by atoms with E-state index in [0.717, 1.165) is 30.8 Å². The Hall–Kier alpha value is -3.85. The van der Waals surface area contributed by atoms with Crippen LogP contribution in [0.5, 0.6) is 5.75 Å². The fourth-order valence-electron chi connectivity index (χ4n) is 5.57. The van der Waals surface area contributed by atoms with Crippen LogP contribution in [-0.2, 0) is 22.6 Å². The SMILES string of the molecule is COc1c(C)c2c(c(NC(=O)Nc3ccccc3)c1C/C=C(\C)CC(CCN1CCCCC1)C(=O)O)C(=O)OC2. The Bertz CT molecular complexity index is 1270. The second-order valence-corrected chi connectivity index (χ2v) is 10.6. The van der Waals surface area contributed by atoms with Gasteiger partial charge in [-0.15, -0.1) is 0 Å². The van der Waals surface area contributed by atoms with Crippen molar-refractivity contribution in [3.8, 4) is 5.75 Å². The van der Waals surface area contributed by atoms with Gasteiger partial charge in [0.25, 0.3) is 0 Å². The Morgan fingerprint density at radius 2 is 1.88 bits per heavy atom. The minimum Gasteiger partial charge on any atom is -0.496 e. The maximum Gasteiger partial charge on any atom is 0.341 e. The Morgan fingerprint density at radius 3 is 2.55 bits per heavy atom. The number of nitrogens with one attached hydrogen (secondary N) is 2. The van der Waals surface area contributed by atoms with Crippen LogP contribution in [-0.4, -0.2) is 54.7 Å². The molecule has 2 aliphatic rings. The summed E-state index contributed by atoms with van der Waals surface area (Å²) in [5.41, 5.74) is 4.31. The number of allylic oxidation sites excluding steroid dienone is 2. The Balaban J connectivity index is 1.57. The number of carbonyl (C=O) groups excluding carboxylic acids is 2. The van der Waals surface area contributed by atoms with Crippen LogP contribution in [0.3, 0.4) is 0 Å². The highest BCUT2D eigenvalue weighted by Gasteiger charge is 2.33. The van der Waals surface area contributed by atoms with E-state index in [2.05, 4.69) is 15.5 Å². The molecule has 2 aliphatic heterocycles. The molecule has 0 aliphatic carbocycles. The summed E-state index contributed by atoms with van der Waals surface area (Å²) in [6.07, 6.45) is 6.92. The molecule has 0 spiro atoms. The van der Waals surface area contributed by atoms with Crippen molar-refractivity contribution in [3.05, 3.63) is 64.2 Å². The van der Waals surface area contributed by atoms with Crippen LogP contribution >= 0.6 is 0 Å². The predicted octanol–water partition coefficient (Wildman–Crippen LogP) is 5.77. The average Bonchev–Trinajstić information content (AvgIpc) is 3.34. The number of amides is 2. The maximum atomic E-state index is 13.0. The van der Waals surface area contributed by atoms with Gasteiger partial charge in [0.15, 0.2) is 0 Å². The molecule has 9 nitrogen and oxygen atoms in total. The molecule has 0 radical (unpaired) electrons. The summed E-state index contributed by atoms with van der Waals surface area (Å²) in [4.78, 5) is 40.2. The van der Waals surface area contributed by atoms with Gasteiger partial charge in [0.05, 0.1) is 24.3 Å². The lowest BCUT2D eigenvalue weighted by Crippen LogP contribution is -2.32. The number of aliphatic carboxylic acids is 1. The smallest absolute Gasteiger partial charge is 0.341 e. The van der Waals surface area contributed by atoms with Gasteiger partial charge in [0.1, 0.15) is 12.4 Å². The third-order valence-corrected chi connectivity index (χ3v) is 7.76. The molecule has 214 valence electrons. The van der Waals surface area contributed by atoms with Gasteiger partial charge in [-0.3, -0.25) is 4.79 Å². The minimum atomic E-state index is -0.793. The fourth-order valence-corrected chi connectivity index (χ4v) is 5.57. The van der Waals surface area contributed by atoms with Crippen LogP contribution in [0.2, 0.25) is 0 Å². The third kappa shape index (κ3) is 7.01. The van der Waals surface area contributed by atoms with E-state index in [1.807, 2.05) is 38.1 Å². The molecule has 2 amide bonds. The van der Waals surface area contributed by atoms with E-state index in [9.17, 15) is 19.5 Å². The highest BCUT2D eigenvalue weighted by atomic mass is 16.5. The lowest BCUT2D eigenvalue weighted by molar-refractivity contribution is -0.142. The first-order valence-electron chi connectivity index (χ1n) is 13.9. The van der Waals surface area contributed by atoms with Crippen molar-refractivity contribution in [3.63, 3.8) is 0 Å². The van der Waals surface area contributed by atoms with Crippen molar-refractivity contribution in [1.29, 1.82) is 0 Å². The van der Waals surface area contributed by atoms with Crippen LogP contribution in [0, 0.1) is 12.8 Å². The molecular weight excluding hydrogens is 510 g/mol. The van der Waals surface area contributed by atoms with Crippen LogP contribution in [0.25, 0.3) is 0 Å². The average molecular weight is 550 g/mol. The third-order valence-electron chi connectivity index (χ3n) is 7.76. The number of hydrogen-bond acceptors (Lipinski definition) is 6. The van der Waals surface area contributed by atoms with E-state index < -0.39 is 23.9 Å². The summed E-state index contributed by atoms with van der Waals surface area (Å²) in [7, 11) is 1.56. The molecule has 0 aromatic heterocycles. The summed E-state index contributed by atoms with van der Waals surface area (Å²) in [6.45, 7) is 6.76. The van der Waals surface area contributed by atoms with Crippen LogP contribution in [0.4, 0.5) is 16.2 Å². The van der Waals surface area contributed by atoms with Crippen molar-refractivity contribution in [1.82, 2.24) is 4.90 Å². The van der Waals surface area contributed by atoms with Gasteiger partial charge < -0.3 is 30.1 Å². The minimum absolute atomic E-state index is 0.109. The van der Waals surface area contributed by atoms with Crippen molar-refractivity contribution in [2.45, 2.75) is 59.0 Å². The lowest BCUT2D eigenvalue weighted by atomic mass is 9.92. The summed E-state index contributed by atoms with van der Waals surface area (Å²) in [5, 5.41) is 15.5. The van der Waals surface area contributed by atoms with Gasteiger partial charge in [-0.05, 0) is 83.3 Å². The molecule has 9 heteroatoms. The largest absolute Gasteiger partial charge is 0.496 e. The standard InChI is InChI=1S/C31H39N3O6/c1-20(18-22(29(35)36)14-17-34-15-8-5-9-16-34)12-13-24-27(33-31(38)32-23-10-6-4-7-11-23)26-25(19-40-30(26)37)21(2)28(24)39-3/h4,6-7,10-12,22H,5,8-9,13-19H2,1-3H3,(H,35,36)(H2,32,33,38)/b20-12+. The van der Waals surface area contributed by atoms with Crippen LogP contribution in [0.1, 0.15) is 66.1 Å². The number of urea groups is 1. The monoisotopic (exact) mass is 549 g/mol. The van der Waals surface area contributed by atoms with Gasteiger partial charge in [0.2, 0.25) is 0 Å². The van der Waals surface area contributed by atoms with E-state index in [-0.39, 0.29) is 6.61 Å². The number of cyclic esters (lactones) is 1. The lowest BCUT2D eigenvalue weighted by Gasteiger charge is -2.27. The summed E-state index contributed by atoms with van der Waals surface area (Å²) in [6, 6.07) is 8.53. The molecule has 2 aromatic carbocycles. The van der Waals surface area contributed by atoms with Gasteiger partial charge in [0, 0.05) is 16.8 Å². The highest BCUT2D eigenvalue weighted by Crippen LogP contribution is 2.41. The normalized spacial score (nSPS) is 16.2. The number of para-hydroxylation sites is 1. The Morgan fingerprint density at radius 1 is 1.15 bits per heavy atom. The summed E-state index contributed by atoms with van der Waals surface area (Å²) < 4.78 is 11.1. The molecule has 3 N–H and O–H groups in total. The predicted molar refractivity (Wildman–Crippen MR) is 154 cm³/mol. The first-order valence-corrected chi connectivity index (χ1v) is 13.9. The number of benzene rings is 2. The Kier molecular flexibility index (Phi) is 9.82. The molecule has 0 saturated carbocycles. The number of rotatable bonds is 11. The summed E-state index contributed by atoms with van der Waals surface area (Å²) >= 11 is 0. The van der Waals surface area contributed by atoms with Crippen molar-refractivity contribution >= 4 is 29.3 Å². The van der Waals surface area contributed by atoms with E-state index in [1.54, 1.807) is 19.2 Å². The number of esters is 1. The first-order chi connectivity index (χ1) is 19.3. The summed E-state index contributed by atoms with van der Waals surface area (Å²) in [5.74, 6) is -1.21. The number of carboxylic acid groups (broad SMARTS) is 1. The van der Waals surface area contributed by atoms with Crippen LogP contribution in [0.15, 0.2) is 42.0 Å². The molecule has 0 bridgehead atoms. The number of ether oxygens (including phenoxy) is 2. The molecule has 1 saturated heterocycles. The van der Waals surface area contributed by atoms with Gasteiger partial charge in [-0.25, -0.2) is 9.59 Å². The molecular formula is C31H39N3O6. The topological polar surface area (TPSA) is 117 Å². The molecule has 1 fully saturated rings. The van der Waals surface area contributed by atoms with E-state index >= 15 is 0 Å². The first kappa shape index (κ1) is 29.1. The molecule has 2 aromatic rings. The molecule has 1 unspecified atom stereocenters. The second-order valence-electron chi connectivity index (χ2n) is 10.6. The van der Waals surface area contributed by atoms with Gasteiger partial charge >= 0.3 is 18.0 Å². The van der Waals surface area contributed by atoms with E-state index in [0.29, 0.717) is 53.1 Å². The van der Waals surface area contributed by atoms with Crippen LogP contribution < -0.4 is 15.4 Å². The van der Waals surface area contributed by atoms with Crippen molar-refractivity contribution in [2.24, 2.45) is 5.92 Å². The number of hydrogen-bond donors (Lipinski definition) is 3. The number of methoxy groups -OCH3 is 1. The number of carboxylic acids is 1. The molecule has 40 heavy (non-hydrogen) atoms. The number of likely N-dealkylation sites (tertiary alicyclic amines) is 1. The van der Waals surface area contributed by atoms with Gasteiger partial charge in [-0.1, -0.05) is 36.3 Å². The van der Waals surface area contributed by atoms with E-state index in [4.69, 9.17) is 9.47 Å². The maximum absolute atomic E-state index is 13.0. The zero-order chi connectivity index (χ0) is 28.6. The number of fused-ring (bicyclic) bond motifs is 1. The van der Waals surface area contributed by atoms with E-state index in [1.165, 1.54) is 19.3 Å². The zero-order valence-corrected chi connectivity index (χ0v) is 23.5. The zero-order valence-electron chi connectivity index (χ0n) is 23.5. The molecule has 2 heterocycles. The fraction of sp³-hybridized carbons (Fsp3) is 0.452. The molecule has 4 rings (SSSR count). The van der Waals surface area contributed by atoms with Crippen molar-refractivity contribution in [2.75, 3.05) is 37.4 Å². The highest BCUT2D eigenvalue weighted by molar-refractivity contribution is 6.08. The number of carbonyl (C=O) groups is 3.